The van der Waals surface area contributed by atoms with Gasteiger partial charge in [0.15, 0.2) is 0 Å². The Hall–Kier alpha value is -0.510. The van der Waals surface area contributed by atoms with E-state index in [1.54, 1.807) is 0 Å². The lowest BCUT2D eigenvalue weighted by Gasteiger charge is -1.95. The van der Waals surface area contributed by atoms with Crippen LogP contribution in [0.2, 0.25) is 0 Å². The van der Waals surface area contributed by atoms with E-state index in [-0.39, 0.29) is 5.97 Å². The topological polar surface area (TPSA) is 43.4 Å². The molecule has 4 heteroatoms. The molecule has 0 saturated heterocycles. The molecule has 0 radical (unpaired) electrons. The number of hydrogen-bond donors (Lipinski definition) is 0. The van der Waals surface area contributed by atoms with Crippen LogP contribution in [-0.2, 0) is 14.3 Å². The van der Waals surface area contributed by atoms with Gasteiger partial charge in [-0.1, -0.05) is 0 Å². The fourth-order valence-corrected chi connectivity index (χ4v) is 1.04. The van der Waals surface area contributed by atoms with Gasteiger partial charge in [0, 0.05) is 12.2 Å². The Balaban J connectivity index is 3.03. The lowest BCUT2D eigenvalue weighted by atomic mass is 10.6. The summed E-state index contributed by atoms with van der Waals surface area (Å²) >= 11 is 1.40. The van der Waals surface area contributed by atoms with E-state index in [0.717, 1.165) is 6.29 Å². The highest BCUT2D eigenvalue weighted by Crippen LogP contribution is 2.00. The van der Waals surface area contributed by atoms with E-state index in [2.05, 4.69) is 4.74 Å². The Labute approximate surface area is 64.1 Å². The van der Waals surface area contributed by atoms with Gasteiger partial charge in [0.05, 0.1) is 12.9 Å². The molecule has 0 atom stereocenters. The third kappa shape index (κ3) is 5.62. The molecule has 0 bridgehead atoms. The predicted molar refractivity (Wildman–Crippen MR) is 40.0 cm³/mol. The van der Waals surface area contributed by atoms with E-state index in [9.17, 15) is 9.59 Å². The average Bonchev–Trinajstić information content (AvgIpc) is 1.98. The Morgan fingerprint density at radius 3 is 2.90 bits per heavy atom. The number of esters is 1. The molecular weight excluding hydrogens is 152 g/mol. The van der Waals surface area contributed by atoms with Crippen molar-refractivity contribution in [2.24, 2.45) is 0 Å². The lowest BCUT2D eigenvalue weighted by Crippen LogP contribution is -2.03. The first kappa shape index (κ1) is 9.49. The van der Waals surface area contributed by atoms with E-state index in [4.69, 9.17) is 0 Å². The summed E-state index contributed by atoms with van der Waals surface area (Å²) < 4.78 is 4.38. The number of ether oxygens (including phenoxy) is 1. The van der Waals surface area contributed by atoms with Crippen molar-refractivity contribution in [3.05, 3.63) is 0 Å². The molecular formula is C6H10O3S. The van der Waals surface area contributed by atoms with Crippen molar-refractivity contribution in [1.29, 1.82) is 0 Å². The van der Waals surface area contributed by atoms with Crippen LogP contribution in [0, 0.1) is 0 Å². The van der Waals surface area contributed by atoms with Gasteiger partial charge in [-0.05, 0) is 0 Å². The van der Waals surface area contributed by atoms with Crippen LogP contribution in [0.3, 0.4) is 0 Å². The number of thioether (sulfide) groups is 1. The molecule has 0 aromatic carbocycles. The molecule has 0 rings (SSSR count). The number of aldehydes is 1. The summed E-state index contributed by atoms with van der Waals surface area (Å²) in [4.78, 5) is 20.2. The summed E-state index contributed by atoms with van der Waals surface area (Å²) in [6, 6.07) is 0. The Morgan fingerprint density at radius 2 is 2.40 bits per heavy atom. The molecule has 0 aliphatic rings. The first-order chi connectivity index (χ1) is 4.81. The van der Waals surface area contributed by atoms with Gasteiger partial charge in [-0.15, -0.1) is 11.8 Å². The van der Waals surface area contributed by atoms with Crippen LogP contribution < -0.4 is 0 Å². The molecule has 0 fully saturated rings. The zero-order valence-corrected chi connectivity index (χ0v) is 6.65. The highest BCUT2D eigenvalue weighted by molar-refractivity contribution is 7.99. The summed E-state index contributed by atoms with van der Waals surface area (Å²) in [6.45, 7) is 0. The Kier molecular flexibility index (Phi) is 6.27. The van der Waals surface area contributed by atoms with Crippen molar-refractivity contribution in [2.75, 3.05) is 18.6 Å². The van der Waals surface area contributed by atoms with Crippen LogP contribution in [0.4, 0.5) is 0 Å². The van der Waals surface area contributed by atoms with Crippen LogP contribution in [0.25, 0.3) is 0 Å². The monoisotopic (exact) mass is 162 g/mol. The van der Waals surface area contributed by atoms with Crippen molar-refractivity contribution in [1.82, 2.24) is 0 Å². The van der Waals surface area contributed by atoms with E-state index < -0.39 is 0 Å². The molecule has 0 N–H and O–H groups in total. The van der Waals surface area contributed by atoms with E-state index in [1.165, 1.54) is 18.9 Å². The van der Waals surface area contributed by atoms with Gasteiger partial charge in [-0.3, -0.25) is 4.79 Å². The van der Waals surface area contributed by atoms with Gasteiger partial charge >= 0.3 is 5.97 Å². The standard InChI is InChI=1S/C6H10O3S/c1-9-6(8)5-10-4-2-3-7/h3H,2,4-5H2,1H3. The second-order valence-corrected chi connectivity index (χ2v) is 2.69. The van der Waals surface area contributed by atoms with Gasteiger partial charge in [0.1, 0.15) is 6.29 Å². The van der Waals surface area contributed by atoms with E-state index in [1.807, 2.05) is 0 Å². The van der Waals surface area contributed by atoms with Crippen molar-refractivity contribution >= 4 is 24.0 Å². The maximum absolute atomic E-state index is 10.4. The molecule has 0 aliphatic carbocycles. The summed E-state index contributed by atoms with van der Waals surface area (Å²) in [6.07, 6.45) is 1.34. The quantitative estimate of drug-likeness (QED) is 0.335. The summed E-state index contributed by atoms with van der Waals surface area (Å²) in [5, 5.41) is 0. The largest absolute Gasteiger partial charge is 0.468 e. The predicted octanol–water partition coefficient (Wildman–Crippen LogP) is 0.482. The van der Waals surface area contributed by atoms with Gasteiger partial charge < -0.3 is 9.53 Å². The minimum absolute atomic E-state index is 0.240. The minimum atomic E-state index is -0.240. The van der Waals surface area contributed by atoms with Gasteiger partial charge in [-0.25, -0.2) is 0 Å². The zero-order valence-electron chi connectivity index (χ0n) is 5.83. The molecule has 3 nitrogen and oxygen atoms in total. The molecule has 0 saturated carbocycles. The molecule has 0 aliphatic heterocycles. The maximum Gasteiger partial charge on any atom is 0.315 e. The highest BCUT2D eigenvalue weighted by atomic mass is 32.2. The van der Waals surface area contributed by atoms with Crippen molar-refractivity contribution in [2.45, 2.75) is 6.42 Å². The van der Waals surface area contributed by atoms with Crippen LogP contribution in [-0.4, -0.2) is 30.9 Å². The maximum atomic E-state index is 10.4. The molecule has 0 aromatic rings. The number of carbonyl (C=O) groups excluding carboxylic acids is 2. The van der Waals surface area contributed by atoms with Gasteiger partial charge in [-0.2, -0.15) is 0 Å². The summed E-state index contributed by atoms with van der Waals surface area (Å²) in [5.74, 6) is 0.791. The third-order valence-corrected chi connectivity index (χ3v) is 1.79. The molecule has 0 amide bonds. The second kappa shape index (κ2) is 6.61. The third-order valence-electron chi connectivity index (χ3n) is 0.828. The SMILES string of the molecule is COC(=O)CSCCC=O. The molecule has 0 heterocycles. The minimum Gasteiger partial charge on any atom is -0.468 e. The van der Waals surface area contributed by atoms with Gasteiger partial charge in [0.25, 0.3) is 0 Å². The summed E-state index contributed by atoms with van der Waals surface area (Å²) in [7, 11) is 1.35. The van der Waals surface area contributed by atoms with Crippen LogP contribution in [0.5, 0.6) is 0 Å². The van der Waals surface area contributed by atoms with Crippen LogP contribution >= 0.6 is 11.8 Å². The number of carbonyl (C=O) groups is 2. The van der Waals surface area contributed by atoms with E-state index >= 15 is 0 Å². The molecule has 58 valence electrons. The fraction of sp³-hybridized carbons (Fsp3) is 0.667. The van der Waals surface area contributed by atoms with Crippen molar-refractivity contribution in [3.8, 4) is 0 Å². The smallest absolute Gasteiger partial charge is 0.315 e. The molecule has 10 heavy (non-hydrogen) atoms. The summed E-state index contributed by atoms with van der Waals surface area (Å²) in [5.41, 5.74) is 0. The fourth-order valence-electron chi connectivity index (χ4n) is 0.346. The number of rotatable bonds is 5. The van der Waals surface area contributed by atoms with Crippen LogP contribution in [0.15, 0.2) is 0 Å². The highest BCUT2D eigenvalue weighted by Gasteiger charge is 1.97. The molecule has 0 spiro atoms. The Morgan fingerprint density at radius 1 is 1.70 bits per heavy atom. The zero-order chi connectivity index (χ0) is 7.82. The first-order valence-corrected chi connectivity index (χ1v) is 4.05. The lowest BCUT2D eigenvalue weighted by molar-refractivity contribution is -0.137. The number of hydrogen-bond acceptors (Lipinski definition) is 4. The number of methoxy groups -OCH3 is 1. The van der Waals surface area contributed by atoms with Crippen molar-refractivity contribution < 1.29 is 14.3 Å². The first-order valence-electron chi connectivity index (χ1n) is 2.89. The molecule has 0 aromatic heterocycles. The van der Waals surface area contributed by atoms with E-state index in [0.29, 0.717) is 17.9 Å². The van der Waals surface area contributed by atoms with Gasteiger partial charge in [0.2, 0.25) is 0 Å². The molecule has 0 unspecified atom stereocenters. The second-order valence-electron chi connectivity index (χ2n) is 1.58. The average molecular weight is 162 g/mol. The normalized spacial score (nSPS) is 8.90. The van der Waals surface area contributed by atoms with Crippen molar-refractivity contribution in [3.63, 3.8) is 0 Å². The van der Waals surface area contributed by atoms with Crippen LogP contribution in [0.1, 0.15) is 6.42 Å². The Bertz CT molecular complexity index is 114.